The summed E-state index contributed by atoms with van der Waals surface area (Å²) >= 11 is 4.32. The lowest BCUT2D eigenvalue weighted by molar-refractivity contribution is -0.259. The minimum Gasteiger partial charge on any atom is -0.379 e. The van der Waals surface area contributed by atoms with Crippen molar-refractivity contribution in [2.45, 2.75) is 47.5 Å². The number of hydrogen-bond donors (Lipinski definition) is 2. The summed E-state index contributed by atoms with van der Waals surface area (Å²) in [7, 11) is -3.84. The number of aromatic nitrogens is 2. The Morgan fingerprint density at radius 2 is 1.84 bits per heavy atom. The van der Waals surface area contributed by atoms with Gasteiger partial charge in [0.2, 0.25) is 16.0 Å². The third kappa shape index (κ3) is 5.73. The normalized spacial score (nSPS) is 24.1. The minimum atomic E-state index is -4.89. The van der Waals surface area contributed by atoms with Crippen molar-refractivity contribution in [3.05, 3.63) is 42.2 Å². The SMILES string of the molecule is C[C@H]1COCCN1C[C@H]1CN(S(=O)(=O)c2ccccc2S)CCN1c1ncc([C@](C)(O)C(F)(F)F)cn1. The average Bonchev–Trinajstić information content (AvgIpc) is 2.85. The minimum absolute atomic E-state index is 0.103. The highest BCUT2D eigenvalue weighted by Gasteiger charge is 2.51. The lowest BCUT2D eigenvalue weighted by Gasteiger charge is -2.44. The number of sulfonamides is 1. The van der Waals surface area contributed by atoms with Gasteiger partial charge in [0.25, 0.3) is 0 Å². The molecule has 0 amide bonds. The van der Waals surface area contributed by atoms with Gasteiger partial charge in [-0.25, -0.2) is 18.4 Å². The van der Waals surface area contributed by atoms with Crippen molar-refractivity contribution in [2.24, 2.45) is 0 Å². The van der Waals surface area contributed by atoms with E-state index >= 15 is 0 Å². The summed E-state index contributed by atoms with van der Waals surface area (Å²) in [6, 6.07) is 6.19. The monoisotopic (exact) mass is 561 g/mol. The number of hydrogen-bond acceptors (Lipinski definition) is 9. The predicted molar refractivity (Wildman–Crippen MR) is 133 cm³/mol. The van der Waals surface area contributed by atoms with Gasteiger partial charge in [0, 0.05) is 61.6 Å². The molecule has 0 saturated carbocycles. The molecule has 9 nitrogen and oxygen atoms in total. The second-order valence-corrected chi connectivity index (χ2v) is 11.8. The number of aliphatic hydroxyl groups is 1. The third-order valence-electron chi connectivity index (χ3n) is 6.89. The van der Waals surface area contributed by atoms with Crippen LogP contribution in [0, 0.1) is 0 Å². The van der Waals surface area contributed by atoms with Crippen molar-refractivity contribution < 1.29 is 31.4 Å². The van der Waals surface area contributed by atoms with Crippen LogP contribution < -0.4 is 4.90 Å². The van der Waals surface area contributed by atoms with Gasteiger partial charge in [-0.2, -0.15) is 17.5 Å². The molecule has 204 valence electrons. The fraction of sp³-hybridized carbons (Fsp3) is 0.565. The summed E-state index contributed by atoms with van der Waals surface area (Å²) < 4.78 is 73.6. The second-order valence-electron chi connectivity index (χ2n) is 9.44. The van der Waals surface area contributed by atoms with Crippen LogP contribution in [0.15, 0.2) is 46.5 Å². The summed E-state index contributed by atoms with van der Waals surface area (Å²) in [5, 5.41) is 9.96. The first-order valence-electron chi connectivity index (χ1n) is 11.8. The van der Waals surface area contributed by atoms with Crippen molar-refractivity contribution >= 4 is 28.6 Å². The number of halogens is 3. The largest absolute Gasteiger partial charge is 0.421 e. The van der Waals surface area contributed by atoms with Gasteiger partial charge in [-0.1, -0.05) is 12.1 Å². The Kier molecular flexibility index (Phi) is 8.08. The van der Waals surface area contributed by atoms with Crippen molar-refractivity contribution in [3.63, 3.8) is 0 Å². The molecule has 2 aliphatic heterocycles. The van der Waals surface area contributed by atoms with E-state index in [1.165, 1.54) is 10.4 Å². The summed E-state index contributed by atoms with van der Waals surface area (Å²) in [5.74, 6) is 0.166. The Bertz CT molecular complexity index is 1200. The molecule has 2 saturated heterocycles. The number of thiol groups is 1. The maximum atomic E-state index is 13.5. The standard InChI is InChI=1S/C23H30F3N5O4S2/c1-16-15-35-10-9-29(16)13-18-14-30(37(33,34)20-6-4-3-5-19(20)36)7-8-31(18)21-27-11-17(12-28-21)22(2,32)23(24,25)26/h3-6,11-12,16,18,32,36H,7-10,13-15H2,1-2H3/t16-,18-,22-/m0/s1. The summed E-state index contributed by atoms with van der Waals surface area (Å²) in [6.07, 6.45) is -2.97. The Morgan fingerprint density at radius 3 is 2.46 bits per heavy atom. The summed E-state index contributed by atoms with van der Waals surface area (Å²) in [4.78, 5) is 12.7. The molecule has 37 heavy (non-hydrogen) atoms. The van der Waals surface area contributed by atoms with Gasteiger partial charge in [-0.15, -0.1) is 12.6 Å². The Morgan fingerprint density at radius 1 is 1.16 bits per heavy atom. The molecule has 1 aromatic heterocycles. The molecule has 14 heteroatoms. The van der Waals surface area contributed by atoms with Crippen LogP contribution in [-0.4, -0.2) is 96.9 Å². The van der Waals surface area contributed by atoms with E-state index in [-0.39, 0.29) is 42.6 Å². The predicted octanol–water partition coefficient (Wildman–Crippen LogP) is 2.14. The third-order valence-corrected chi connectivity index (χ3v) is 9.35. The van der Waals surface area contributed by atoms with Crippen molar-refractivity contribution in [3.8, 4) is 0 Å². The first-order valence-corrected chi connectivity index (χ1v) is 13.7. The fourth-order valence-electron chi connectivity index (χ4n) is 4.47. The number of rotatable bonds is 6. The van der Waals surface area contributed by atoms with E-state index in [0.29, 0.717) is 38.1 Å². The number of piperazine rings is 1. The highest BCUT2D eigenvalue weighted by atomic mass is 32.2. The second kappa shape index (κ2) is 10.7. The molecule has 0 bridgehead atoms. The molecule has 2 aromatic rings. The molecule has 0 spiro atoms. The van der Waals surface area contributed by atoms with Gasteiger partial charge in [0.05, 0.1) is 24.2 Å². The number of nitrogens with zero attached hydrogens (tertiary/aromatic N) is 5. The zero-order valence-electron chi connectivity index (χ0n) is 20.5. The van der Waals surface area contributed by atoms with Gasteiger partial charge in [0.1, 0.15) is 0 Å². The maximum Gasteiger partial charge on any atom is 0.421 e. The topological polar surface area (TPSA) is 99.1 Å². The molecular weight excluding hydrogens is 531 g/mol. The lowest BCUT2D eigenvalue weighted by atomic mass is 9.99. The van der Waals surface area contributed by atoms with Crippen LogP contribution in [0.3, 0.4) is 0 Å². The number of morpholine rings is 1. The molecule has 0 radical (unpaired) electrons. The van der Waals surface area contributed by atoms with E-state index in [1.807, 2.05) is 11.8 Å². The molecule has 3 atom stereocenters. The molecule has 1 N–H and O–H groups in total. The molecule has 3 heterocycles. The molecule has 1 aromatic carbocycles. The zero-order valence-corrected chi connectivity index (χ0v) is 22.2. The van der Waals surface area contributed by atoms with Gasteiger partial charge in [0.15, 0.2) is 5.60 Å². The summed E-state index contributed by atoms with van der Waals surface area (Å²) in [6.45, 7) is 5.37. The van der Waals surface area contributed by atoms with E-state index in [4.69, 9.17) is 4.74 Å². The molecule has 0 aliphatic carbocycles. The number of alkyl halides is 3. The van der Waals surface area contributed by atoms with E-state index in [0.717, 1.165) is 12.4 Å². The number of anilines is 1. The Hall–Kier alpha value is -1.97. The quantitative estimate of drug-likeness (QED) is 0.518. The molecular formula is C23H30F3N5O4S2. The first-order chi connectivity index (χ1) is 17.3. The number of benzene rings is 1. The van der Waals surface area contributed by atoms with E-state index in [2.05, 4.69) is 27.5 Å². The molecule has 2 aliphatic rings. The van der Waals surface area contributed by atoms with Crippen molar-refractivity contribution in [2.75, 3.05) is 50.8 Å². The van der Waals surface area contributed by atoms with E-state index in [1.54, 1.807) is 18.2 Å². The summed E-state index contributed by atoms with van der Waals surface area (Å²) in [5.41, 5.74) is -3.57. The molecule has 0 unspecified atom stereocenters. The smallest absolute Gasteiger partial charge is 0.379 e. The fourth-order valence-corrected chi connectivity index (χ4v) is 6.53. The van der Waals surface area contributed by atoms with Crippen LogP contribution in [-0.2, 0) is 20.4 Å². The van der Waals surface area contributed by atoms with Gasteiger partial charge in [-0.05, 0) is 26.0 Å². The van der Waals surface area contributed by atoms with Crippen molar-refractivity contribution in [1.82, 2.24) is 19.2 Å². The average molecular weight is 562 g/mol. The van der Waals surface area contributed by atoms with Crippen LogP contribution in [0.25, 0.3) is 0 Å². The van der Waals surface area contributed by atoms with Gasteiger partial charge >= 0.3 is 6.18 Å². The zero-order chi connectivity index (χ0) is 27.0. The van der Waals surface area contributed by atoms with Crippen LogP contribution >= 0.6 is 12.6 Å². The lowest BCUT2D eigenvalue weighted by Crippen LogP contribution is -2.60. The van der Waals surface area contributed by atoms with Gasteiger partial charge < -0.3 is 14.7 Å². The first kappa shape index (κ1) is 28.0. The van der Waals surface area contributed by atoms with Crippen molar-refractivity contribution in [1.29, 1.82) is 0 Å². The Balaban J connectivity index is 1.62. The maximum absolute atomic E-state index is 13.5. The van der Waals surface area contributed by atoms with E-state index < -0.39 is 27.4 Å². The number of ether oxygens (including phenoxy) is 1. The van der Waals surface area contributed by atoms with Crippen LogP contribution in [0.4, 0.5) is 19.1 Å². The Labute approximate surface area is 219 Å². The van der Waals surface area contributed by atoms with Crippen LogP contribution in [0.2, 0.25) is 0 Å². The van der Waals surface area contributed by atoms with Crippen LogP contribution in [0.1, 0.15) is 19.4 Å². The highest BCUT2D eigenvalue weighted by Crippen LogP contribution is 2.38. The molecule has 4 rings (SSSR count). The van der Waals surface area contributed by atoms with Crippen LogP contribution in [0.5, 0.6) is 0 Å². The van der Waals surface area contributed by atoms with Gasteiger partial charge in [-0.3, -0.25) is 4.90 Å². The van der Waals surface area contributed by atoms with E-state index in [9.17, 15) is 26.7 Å². The molecule has 2 fully saturated rings. The highest BCUT2D eigenvalue weighted by molar-refractivity contribution is 7.90.